The van der Waals surface area contributed by atoms with Crippen molar-refractivity contribution < 1.29 is 41.8 Å². The van der Waals surface area contributed by atoms with Gasteiger partial charge in [0.1, 0.15) is 31.1 Å². The van der Waals surface area contributed by atoms with Crippen molar-refractivity contribution in [1.29, 1.82) is 5.41 Å². The van der Waals surface area contributed by atoms with Crippen molar-refractivity contribution in [3.63, 3.8) is 0 Å². The summed E-state index contributed by atoms with van der Waals surface area (Å²) in [5.41, 5.74) is 12.3. The summed E-state index contributed by atoms with van der Waals surface area (Å²) < 4.78 is 46.1. The largest absolute Gasteiger partial charge is 0.384 e. The Morgan fingerprint density at radius 2 is 1.52 bits per heavy atom. The van der Waals surface area contributed by atoms with E-state index in [1.54, 1.807) is 54.6 Å². The van der Waals surface area contributed by atoms with Crippen LogP contribution in [0, 0.1) is 11.3 Å². The molecular weight excluding hydrogens is 817 g/mol. The third-order valence-electron chi connectivity index (χ3n) is 10.5. The van der Waals surface area contributed by atoms with E-state index in [0.29, 0.717) is 56.6 Å². The first-order chi connectivity index (χ1) is 29.6. The van der Waals surface area contributed by atoms with Gasteiger partial charge >= 0.3 is 0 Å². The Morgan fingerprint density at radius 3 is 2.18 bits per heavy atom. The molecule has 1 fully saturated rings. The lowest BCUT2D eigenvalue weighted by molar-refractivity contribution is -0.132. The van der Waals surface area contributed by atoms with Crippen molar-refractivity contribution >= 4 is 39.5 Å². The molecule has 2 aromatic rings. The maximum Gasteiger partial charge on any atom is 0.246 e. The normalized spacial score (nSPS) is 14.9. The zero-order valence-electron chi connectivity index (χ0n) is 36.7. The topological polar surface area (TPSA) is 266 Å². The summed E-state index contributed by atoms with van der Waals surface area (Å²) in [6, 6.07) is 13.5. The molecule has 0 bridgehead atoms. The summed E-state index contributed by atoms with van der Waals surface area (Å²) in [5, 5.41) is 18.9. The van der Waals surface area contributed by atoms with Crippen molar-refractivity contribution in [1.82, 2.24) is 26.0 Å². The SMILES string of the molecule is CC(CCOC(C)(C)CNC(=O)COCC(=O)NCCCC[C@H](NC(=O)[C@@H](CC1CCCCC1)NS(=O)(=O)Cc1ccccc1)C(=O)NCc1ccc(C(=N)N)cc1)OCCN. The lowest BCUT2D eigenvalue weighted by Gasteiger charge is -2.28. The number of rotatable bonds is 30. The minimum atomic E-state index is -3.92. The maximum atomic E-state index is 14.0. The van der Waals surface area contributed by atoms with E-state index in [-0.39, 0.29) is 62.9 Å². The van der Waals surface area contributed by atoms with Crippen LogP contribution < -0.4 is 37.5 Å². The van der Waals surface area contributed by atoms with E-state index >= 15 is 0 Å². The molecule has 62 heavy (non-hydrogen) atoms. The number of carbonyl (C=O) groups is 4. The quantitative estimate of drug-likeness (QED) is 0.0321. The summed E-state index contributed by atoms with van der Waals surface area (Å²) >= 11 is 0. The number of amidine groups is 1. The molecule has 0 aromatic heterocycles. The summed E-state index contributed by atoms with van der Waals surface area (Å²) in [6.45, 7) is 7.06. The summed E-state index contributed by atoms with van der Waals surface area (Å²) in [6.07, 6.45) is 7.00. The van der Waals surface area contributed by atoms with Crippen LogP contribution in [0.1, 0.15) is 102 Å². The van der Waals surface area contributed by atoms with Gasteiger partial charge in [0.25, 0.3) is 0 Å². The first kappa shape index (κ1) is 51.9. The molecule has 0 saturated heterocycles. The molecular formula is C44H70N8O9S. The van der Waals surface area contributed by atoms with Crippen LogP contribution in [0.15, 0.2) is 54.6 Å². The van der Waals surface area contributed by atoms with Crippen molar-refractivity contribution in [2.75, 3.05) is 46.1 Å². The molecule has 346 valence electrons. The highest BCUT2D eigenvalue weighted by Crippen LogP contribution is 2.28. The lowest BCUT2D eigenvalue weighted by Crippen LogP contribution is -2.54. The number of ether oxygens (including phenoxy) is 3. The van der Waals surface area contributed by atoms with Crippen molar-refractivity contribution in [3.05, 3.63) is 71.3 Å². The Morgan fingerprint density at radius 1 is 0.839 bits per heavy atom. The number of amides is 4. The van der Waals surface area contributed by atoms with E-state index in [9.17, 15) is 27.6 Å². The Bertz CT molecular complexity index is 1790. The number of hydrogen-bond donors (Lipinski definition) is 8. The van der Waals surface area contributed by atoms with Crippen LogP contribution in [0.3, 0.4) is 0 Å². The van der Waals surface area contributed by atoms with Gasteiger partial charge in [-0.3, -0.25) is 24.6 Å². The number of nitrogens with one attached hydrogen (secondary N) is 6. The third kappa shape index (κ3) is 21.6. The summed E-state index contributed by atoms with van der Waals surface area (Å²) in [4.78, 5) is 52.5. The number of benzene rings is 2. The van der Waals surface area contributed by atoms with Crippen LogP contribution in [0.2, 0.25) is 0 Å². The van der Waals surface area contributed by atoms with Gasteiger partial charge in [-0.1, -0.05) is 86.7 Å². The zero-order valence-corrected chi connectivity index (χ0v) is 37.5. The highest BCUT2D eigenvalue weighted by molar-refractivity contribution is 7.88. The molecule has 4 amide bonds. The first-order valence-electron chi connectivity index (χ1n) is 21.7. The van der Waals surface area contributed by atoms with Crippen LogP contribution in [-0.2, 0) is 55.7 Å². The average Bonchev–Trinajstić information content (AvgIpc) is 3.23. The van der Waals surface area contributed by atoms with E-state index in [4.69, 9.17) is 31.1 Å². The number of carbonyl (C=O) groups excluding carboxylic acids is 4. The van der Waals surface area contributed by atoms with Gasteiger partial charge in [-0.25, -0.2) is 13.1 Å². The highest BCUT2D eigenvalue weighted by atomic mass is 32.2. The van der Waals surface area contributed by atoms with Crippen molar-refractivity contribution in [2.45, 2.75) is 121 Å². The minimum Gasteiger partial charge on any atom is -0.384 e. The molecule has 17 nitrogen and oxygen atoms in total. The second kappa shape index (κ2) is 27.6. The molecule has 0 heterocycles. The van der Waals surface area contributed by atoms with Crippen LogP contribution in [-0.4, -0.2) is 108 Å². The molecule has 0 radical (unpaired) electrons. The van der Waals surface area contributed by atoms with Gasteiger partial charge in [0.15, 0.2) is 0 Å². The number of nitrogens with two attached hydrogens (primary N) is 2. The summed E-state index contributed by atoms with van der Waals surface area (Å²) in [7, 11) is -3.92. The number of hydrogen-bond acceptors (Lipinski definition) is 11. The second-order valence-corrected chi connectivity index (χ2v) is 18.3. The molecule has 1 unspecified atom stereocenters. The van der Waals surface area contributed by atoms with E-state index < -0.39 is 51.3 Å². The van der Waals surface area contributed by atoms with E-state index in [2.05, 4.69) is 26.0 Å². The Balaban J connectivity index is 1.53. The van der Waals surface area contributed by atoms with Gasteiger partial charge in [-0.15, -0.1) is 0 Å². The average molecular weight is 887 g/mol. The Hall–Kier alpha value is -4.46. The second-order valence-electron chi connectivity index (χ2n) is 16.5. The highest BCUT2D eigenvalue weighted by Gasteiger charge is 2.31. The molecule has 3 atom stereocenters. The van der Waals surface area contributed by atoms with Crippen molar-refractivity contribution in [3.8, 4) is 0 Å². The van der Waals surface area contributed by atoms with Crippen LogP contribution >= 0.6 is 0 Å². The van der Waals surface area contributed by atoms with E-state index in [1.165, 1.54) is 0 Å². The van der Waals surface area contributed by atoms with E-state index in [0.717, 1.165) is 37.7 Å². The number of sulfonamides is 1. The number of nitrogen functional groups attached to an aromatic ring is 1. The molecule has 1 aliphatic rings. The smallest absolute Gasteiger partial charge is 0.246 e. The van der Waals surface area contributed by atoms with Gasteiger partial charge in [-0.2, -0.15) is 0 Å². The Kier molecular flexibility index (Phi) is 23.1. The fourth-order valence-electron chi connectivity index (χ4n) is 6.93. The molecule has 2 aromatic carbocycles. The predicted molar refractivity (Wildman–Crippen MR) is 238 cm³/mol. The van der Waals surface area contributed by atoms with Crippen molar-refractivity contribution in [2.24, 2.45) is 17.4 Å². The predicted octanol–water partition coefficient (Wildman–Crippen LogP) is 2.50. The Labute approximate surface area is 367 Å². The van der Waals surface area contributed by atoms with Gasteiger partial charge in [0, 0.05) is 38.3 Å². The van der Waals surface area contributed by atoms with Crippen LogP contribution in [0.25, 0.3) is 0 Å². The van der Waals surface area contributed by atoms with Gasteiger partial charge in [0.05, 0.1) is 24.1 Å². The van der Waals surface area contributed by atoms with Gasteiger partial charge in [-0.05, 0) is 69.9 Å². The maximum absolute atomic E-state index is 14.0. The summed E-state index contributed by atoms with van der Waals surface area (Å²) in [5.74, 6) is -2.05. The zero-order chi connectivity index (χ0) is 45.4. The molecule has 0 aliphatic heterocycles. The minimum absolute atomic E-state index is 0.00680. The molecule has 3 rings (SSSR count). The molecule has 0 spiro atoms. The third-order valence-corrected chi connectivity index (χ3v) is 11.8. The fraction of sp³-hybridized carbons (Fsp3) is 0.614. The van der Waals surface area contributed by atoms with Crippen LogP contribution in [0.5, 0.6) is 0 Å². The van der Waals surface area contributed by atoms with Gasteiger partial charge in [0.2, 0.25) is 33.7 Å². The fourth-order valence-corrected chi connectivity index (χ4v) is 8.28. The first-order valence-corrected chi connectivity index (χ1v) is 23.3. The molecule has 18 heteroatoms. The molecule has 10 N–H and O–H groups in total. The van der Waals surface area contributed by atoms with Gasteiger partial charge < -0.3 is 46.9 Å². The lowest BCUT2D eigenvalue weighted by atomic mass is 9.85. The van der Waals surface area contributed by atoms with Crippen LogP contribution in [0.4, 0.5) is 0 Å². The molecule has 1 aliphatic carbocycles. The standard InChI is InChI=1S/C44H70N8O9S/c1-32(60-25-22-45)21-24-61-44(2,3)31-50-40(54)29-59-28-39(53)48-23-11-10-16-37(42(55)49-27-34-17-19-36(20-18-34)41(46)47)51-43(56)38(26-33-12-6-4-7-13-33)52-62(57,58)30-35-14-8-5-9-15-35/h5,8-9,14-15,17-20,32-33,37-38,52H,4,6-7,10-13,16,21-31,45H2,1-3H3,(H3,46,47)(H,48,53)(H,49,55)(H,50,54)(H,51,56)/t32?,37-,38+/m0/s1. The number of unbranched alkanes of at least 4 members (excludes halogenated alkanes) is 1. The van der Waals surface area contributed by atoms with E-state index in [1.807, 2.05) is 20.8 Å². The molecule has 1 saturated carbocycles. The monoisotopic (exact) mass is 886 g/mol.